The highest BCUT2D eigenvalue weighted by Crippen LogP contribution is 2.16. The molecule has 2 rings (SSSR count). The van der Waals surface area contributed by atoms with Crippen LogP contribution in [0.25, 0.3) is 0 Å². The molecule has 0 N–H and O–H groups in total. The minimum atomic E-state index is -0.611. The topological polar surface area (TPSA) is 85.0 Å². The Morgan fingerprint density at radius 1 is 1.48 bits per heavy atom. The number of rotatable bonds is 5. The van der Waals surface area contributed by atoms with Gasteiger partial charge in [-0.1, -0.05) is 0 Å². The van der Waals surface area contributed by atoms with Crippen molar-refractivity contribution in [3.8, 4) is 6.07 Å². The fourth-order valence-electron chi connectivity index (χ4n) is 1.75. The van der Waals surface area contributed by atoms with Crippen molar-refractivity contribution < 1.29 is 14.3 Å². The number of ether oxygens (including phenoxy) is 1. The molecule has 0 aliphatic rings. The number of thiophene rings is 1. The van der Waals surface area contributed by atoms with Crippen LogP contribution in [-0.4, -0.2) is 28.1 Å². The van der Waals surface area contributed by atoms with Crippen molar-refractivity contribution in [2.75, 3.05) is 6.61 Å². The molecule has 0 unspecified atom stereocenters. The van der Waals surface area contributed by atoms with Gasteiger partial charge in [-0.05, 0) is 26.0 Å². The molecule has 0 amide bonds. The Morgan fingerprint density at radius 2 is 2.24 bits per heavy atom. The van der Waals surface area contributed by atoms with E-state index in [9.17, 15) is 9.59 Å². The third-order valence-corrected chi connectivity index (χ3v) is 3.73. The van der Waals surface area contributed by atoms with Gasteiger partial charge >= 0.3 is 5.97 Å². The molecule has 0 radical (unpaired) electrons. The quantitative estimate of drug-likeness (QED) is 0.624. The van der Waals surface area contributed by atoms with Crippen LogP contribution in [-0.2, 0) is 11.3 Å². The van der Waals surface area contributed by atoms with Gasteiger partial charge in [0.25, 0.3) is 0 Å². The zero-order valence-corrected chi connectivity index (χ0v) is 12.4. The van der Waals surface area contributed by atoms with Crippen LogP contribution >= 0.6 is 11.3 Å². The summed E-state index contributed by atoms with van der Waals surface area (Å²) in [6, 6.07) is 5.45. The standard InChI is InChI=1S/C14H13N3O3S/c1-3-20-14(19)10-7-17(16-11(10)6-15)8-12(18)13-5-4-9(2)21-13/h4-5,7H,3,8H2,1-2H3. The lowest BCUT2D eigenvalue weighted by atomic mass is 10.2. The molecule has 0 bridgehead atoms. The molecule has 108 valence electrons. The van der Waals surface area contributed by atoms with Gasteiger partial charge in [-0.3, -0.25) is 9.48 Å². The number of ketones is 1. The smallest absolute Gasteiger partial charge is 0.342 e. The van der Waals surface area contributed by atoms with Gasteiger partial charge in [-0.2, -0.15) is 10.4 Å². The summed E-state index contributed by atoms with van der Waals surface area (Å²) in [4.78, 5) is 25.4. The first kappa shape index (κ1) is 14.9. The van der Waals surface area contributed by atoms with E-state index in [1.807, 2.05) is 19.1 Å². The van der Waals surface area contributed by atoms with Crippen molar-refractivity contribution in [1.82, 2.24) is 9.78 Å². The van der Waals surface area contributed by atoms with Gasteiger partial charge in [-0.25, -0.2) is 4.79 Å². The minimum absolute atomic E-state index is 0.0198. The van der Waals surface area contributed by atoms with Crippen molar-refractivity contribution >= 4 is 23.1 Å². The molecule has 21 heavy (non-hydrogen) atoms. The highest BCUT2D eigenvalue weighted by molar-refractivity contribution is 7.14. The van der Waals surface area contributed by atoms with Crippen LogP contribution in [0.2, 0.25) is 0 Å². The maximum atomic E-state index is 12.1. The molecule has 2 aromatic rings. The summed E-state index contributed by atoms with van der Waals surface area (Å²) in [5.74, 6) is -0.727. The Bertz CT molecular complexity index is 724. The summed E-state index contributed by atoms with van der Waals surface area (Å²) in [5.41, 5.74) is 0.0399. The van der Waals surface area contributed by atoms with Crippen molar-refractivity contribution in [2.45, 2.75) is 20.4 Å². The molecule has 0 saturated carbocycles. The van der Waals surface area contributed by atoms with Crippen molar-refractivity contribution in [3.05, 3.63) is 39.3 Å². The van der Waals surface area contributed by atoms with E-state index in [2.05, 4.69) is 5.10 Å². The maximum absolute atomic E-state index is 12.1. The summed E-state index contributed by atoms with van der Waals surface area (Å²) in [6.45, 7) is 3.79. The lowest BCUT2D eigenvalue weighted by Gasteiger charge is -1.98. The Hall–Kier alpha value is -2.46. The zero-order chi connectivity index (χ0) is 15.4. The highest BCUT2D eigenvalue weighted by atomic mass is 32.1. The number of carbonyl (C=O) groups is 2. The number of hydrogen-bond acceptors (Lipinski definition) is 6. The molecule has 0 spiro atoms. The third-order valence-electron chi connectivity index (χ3n) is 2.68. The third kappa shape index (κ3) is 3.35. The van der Waals surface area contributed by atoms with Gasteiger partial charge in [0.1, 0.15) is 18.2 Å². The average molecular weight is 303 g/mol. The molecule has 6 nitrogen and oxygen atoms in total. The number of carbonyl (C=O) groups excluding carboxylic acids is 2. The van der Waals surface area contributed by atoms with Gasteiger partial charge in [0.15, 0.2) is 11.5 Å². The van der Waals surface area contributed by atoms with E-state index in [0.29, 0.717) is 4.88 Å². The van der Waals surface area contributed by atoms with Crippen LogP contribution in [0, 0.1) is 18.3 Å². The second kappa shape index (κ2) is 6.33. The van der Waals surface area contributed by atoms with E-state index in [1.165, 1.54) is 22.2 Å². The Morgan fingerprint density at radius 3 is 2.81 bits per heavy atom. The molecule has 0 atom stereocenters. The van der Waals surface area contributed by atoms with Crippen LogP contribution in [0.4, 0.5) is 0 Å². The predicted octanol–water partition coefficient (Wildman–Crippen LogP) is 2.18. The van der Waals surface area contributed by atoms with Gasteiger partial charge in [0, 0.05) is 11.1 Å². The van der Waals surface area contributed by atoms with Crippen molar-refractivity contribution in [2.24, 2.45) is 0 Å². The van der Waals surface area contributed by atoms with Crippen LogP contribution in [0.3, 0.4) is 0 Å². The van der Waals surface area contributed by atoms with E-state index in [1.54, 1.807) is 13.0 Å². The molecule has 7 heteroatoms. The van der Waals surface area contributed by atoms with Gasteiger partial charge in [0.05, 0.1) is 11.5 Å². The first-order valence-corrected chi connectivity index (χ1v) is 7.11. The maximum Gasteiger partial charge on any atom is 0.342 e. The monoisotopic (exact) mass is 303 g/mol. The summed E-state index contributed by atoms with van der Waals surface area (Å²) in [5, 5.41) is 12.9. The zero-order valence-electron chi connectivity index (χ0n) is 11.6. The number of nitriles is 1. The molecule has 0 aliphatic heterocycles. The number of nitrogens with zero attached hydrogens (tertiary/aromatic N) is 3. The molecule has 0 fully saturated rings. The summed E-state index contributed by atoms with van der Waals surface area (Å²) >= 11 is 1.40. The van der Waals surface area contributed by atoms with E-state index in [4.69, 9.17) is 10.00 Å². The Balaban J connectivity index is 2.20. The second-order valence-corrected chi connectivity index (χ2v) is 5.54. The fourth-order valence-corrected chi connectivity index (χ4v) is 2.55. The molecule has 2 aromatic heterocycles. The second-order valence-electron chi connectivity index (χ2n) is 4.25. The number of Topliss-reactive ketones (excluding diaryl/α,β-unsaturated/α-hetero) is 1. The number of aromatic nitrogens is 2. The van der Waals surface area contributed by atoms with Gasteiger partial charge in [0.2, 0.25) is 0 Å². The first-order valence-electron chi connectivity index (χ1n) is 6.29. The van der Waals surface area contributed by atoms with E-state index >= 15 is 0 Å². The van der Waals surface area contributed by atoms with Gasteiger partial charge in [-0.15, -0.1) is 11.3 Å². The average Bonchev–Trinajstić information content (AvgIpc) is 3.05. The van der Waals surface area contributed by atoms with E-state index in [-0.39, 0.29) is 30.2 Å². The molecule has 0 aromatic carbocycles. The van der Waals surface area contributed by atoms with Gasteiger partial charge < -0.3 is 4.74 Å². The molecule has 2 heterocycles. The van der Waals surface area contributed by atoms with E-state index in [0.717, 1.165) is 4.88 Å². The van der Waals surface area contributed by atoms with Crippen LogP contribution in [0.15, 0.2) is 18.3 Å². The van der Waals surface area contributed by atoms with Crippen molar-refractivity contribution in [3.63, 3.8) is 0 Å². The summed E-state index contributed by atoms with van der Waals surface area (Å²) in [7, 11) is 0. The Kier molecular flexibility index (Phi) is 4.50. The number of hydrogen-bond donors (Lipinski definition) is 0. The first-order chi connectivity index (χ1) is 10.0. The van der Waals surface area contributed by atoms with Crippen LogP contribution in [0.5, 0.6) is 0 Å². The Labute approximate surface area is 125 Å². The molecule has 0 aliphatic carbocycles. The molecular weight excluding hydrogens is 290 g/mol. The predicted molar refractivity (Wildman–Crippen MR) is 76.3 cm³/mol. The minimum Gasteiger partial charge on any atom is -0.462 e. The lowest BCUT2D eigenvalue weighted by Crippen LogP contribution is -2.09. The number of aryl methyl sites for hydroxylation is 1. The van der Waals surface area contributed by atoms with E-state index < -0.39 is 5.97 Å². The number of esters is 1. The normalized spacial score (nSPS) is 10.1. The van der Waals surface area contributed by atoms with Crippen molar-refractivity contribution in [1.29, 1.82) is 5.26 Å². The SMILES string of the molecule is CCOC(=O)c1cn(CC(=O)c2ccc(C)s2)nc1C#N. The molecular formula is C14H13N3O3S. The summed E-state index contributed by atoms with van der Waals surface area (Å²) < 4.78 is 6.14. The summed E-state index contributed by atoms with van der Waals surface area (Å²) in [6.07, 6.45) is 1.37. The lowest BCUT2D eigenvalue weighted by molar-refractivity contribution is 0.0525. The largest absolute Gasteiger partial charge is 0.462 e. The highest BCUT2D eigenvalue weighted by Gasteiger charge is 2.19. The van der Waals surface area contributed by atoms with Crippen LogP contribution < -0.4 is 0 Å². The van der Waals surface area contributed by atoms with Crippen LogP contribution in [0.1, 0.15) is 37.5 Å². The molecule has 0 saturated heterocycles. The fraction of sp³-hybridized carbons (Fsp3) is 0.286.